The molecule has 0 bridgehead atoms. The van der Waals surface area contributed by atoms with E-state index in [2.05, 4.69) is 46.6 Å². The second-order valence-corrected chi connectivity index (χ2v) is 11.7. The van der Waals surface area contributed by atoms with Crippen LogP contribution in [-0.4, -0.2) is 34.8 Å². The predicted molar refractivity (Wildman–Crippen MR) is 180 cm³/mol. The minimum absolute atomic E-state index is 0.0453. The lowest BCUT2D eigenvalue weighted by Gasteiger charge is -2.41. The summed E-state index contributed by atoms with van der Waals surface area (Å²) in [6.07, 6.45) is 0.308. The fourth-order valence-electron chi connectivity index (χ4n) is 5.98. The van der Waals surface area contributed by atoms with Crippen molar-refractivity contribution in [3.8, 4) is 0 Å². The number of nitrogens with one attached hydrogen (secondary N) is 1. The Bertz CT molecular complexity index is 1510. The summed E-state index contributed by atoms with van der Waals surface area (Å²) in [5.41, 5.74) is 4.92. The molecule has 0 spiro atoms. The summed E-state index contributed by atoms with van der Waals surface area (Å²) < 4.78 is 36.1. The van der Waals surface area contributed by atoms with E-state index >= 15 is 0 Å². The van der Waals surface area contributed by atoms with E-state index in [-0.39, 0.29) is 18.7 Å². The summed E-state index contributed by atoms with van der Waals surface area (Å²) in [5, 5.41) is 14.0. The van der Waals surface area contributed by atoms with E-state index in [4.69, 9.17) is 4.74 Å². The molecule has 46 heavy (non-hydrogen) atoms. The molecule has 0 aliphatic heterocycles. The summed E-state index contributed by atoms with van der Waals surface area (Å²) in [6.45, 7) is 2.06. The first-order valence-electron chi connectivity index (χ1n) is 15.9. The monoisotopic (exact) mass is 620 g/mol. The van der Waals surface area contributed by atoms with Gasteiger partial charge < -0.3 is 15.2 Å². The second-order valence-electron chi connectivity index (χ2n) is 11.7. The minimum atomic E-state index is -0.609. The molecular weight excluding hydrogens is 578 g/mol. The van der Waals surface area contributed by atoms with Gasteiger partial charge in [-0.05, 0) is 52.8 Å². The van der Waals surface area contributed by atoms with Gasteiger partial charge in [0.2, 0.25) is 0 Å². The lowest BCUT2D eigenvalue weighted by Crippen LogP contribution is -2.55. The molecule has 0 amide bonds. The molecule has 5 aromatic carbocycles. The number of hydrogen-bond acceptors (Lipinski definition) is 4. The average molecular weight is 621 g/mol. The van der Waals surface area contributed by atoms with Crippen LogP contribution < -0.4 is 5.32 Å². The van der Waals surface area contributed by atoms with Crippen molar-refractivity contribution in [2.75, 3.05) is 6.61 Å². The quantitative estimate of drug-likeness (QED) is 0.112. The Morgan fingerprint density at radius 2 is 1.09 bits per heavy atom. The summed E-state index contributed by atoms with van der Waals surface area (Å²) in [4.78, 5) is 2.34. The van der Waals surface area contributed by atoms with E-state index in [0.717, 1.165) is 28.3 Å². The van der Waals surface area contributed by atoms with Crippen LogP contribution in [0, 0.1) is 11.6 Å². The number of rotatable bonds is 17. The van der Waals surface area contributed by atoms with E-state index in [1.54, 1.807) is 0 Å². The molecule has 2 N–H and O–H groups in total. The van der Waals surface area contributed by atoms with E-state index in [1.807, 2.05) is 84.9 Å². The SMILES string of the molecule is OCCC(NCc1ccccc1)[C@@H](OCc1ccccc1)[C@H](Cc1cc(F)cc(F)c1)N(Cc1ccccc1)Cc1ccccc1. The number of ether oxygens (including phenoxy) is 1. The molecule has 6 heteroatoms. The second kappa shape index (κ2) is 17.5. The first-order valence-corrected chi connectivity index (χ1v) is 15.9. The maximum atomic E-state index is 14.6. The molecule has 238 valence electrons. The highest BCUT2D eigenvalue weighted by Crippen LogP contribution is 2.26. The minimum Gasteiger partial charge on any atom is -0.396 e. The molecular formula is C40H42F2N2O2. The summed E-state index contributed by atoms with van der Waals surface area (Å²) in [7, 11) is 0. The van der Waals surface area contributed by atoms with Gasteiger partial charge in [0.25, 0.3) is 0 Å². The van der Waals surface area contributed by atoms with Crippen molar-refractivity contribution in [1.82, 2.24) is 10.2 Å². The van der Waals surface area contributed by atoms with Crippen molar-refractivity contribution in [2.24, 2.45) is 0 Å². The summed E-state index contributed by atoms with van der Waals surface area (Å²) in [6, 6.07) is 43.7. The maximum Gasteiger partial charge on any atom is 0.126 e. The van der Waals surface area contributed by atoms with Crippen LogP contribution in [0.1, 0.15) is 34.2 Å². The largest absolute Gasteiger partial charge is 0.396 e. The zero-order valence-corrected chi connectivity index (χ0v) is 26.0. The molecule has 0 aliphatic rings. The highest BCUT2D eigenvalue weighted by Gasteiger charge is 2.35. The van der Waals surface area contributed by atoms with Crippen LogP contribution in [0.3, 0.4) is 0 Å². The third-order valence-electron chi connectivity index (χ3n) is 8.21. The molecule has 0 saturated heterocycles. The standard InChI is InChI=1S/C40H42F2N2O2/c41-36-23-35(24-37(42)26-36)25-39(44(28-32-15-7-2-8-16-32)29-33-17-9-3-10-18-33)40(46-30-34-19-11-4-12-20-34)38(21-22-45)43-27-31-13-5-1-6-14-31/h1-20,23-24,26,38-40,43,45H,21-22,25,27-30H2/t38?,39-,40+/m0/s1. The highest BCUT2D eigenvalue weighted by atomic mass is 19.1. The smallest absolute Gasteiger partial charge is 0.126 e. The molecule has 0 aromatic heterocycles. The van der Waals surface area contributed by atoms with Gasteiger partial charge in [0.15, 0.2) is 0 Å². The molecule has 5 rings (SSSR count). The third kappa shape index (κ3) is 10.2. The molecule has 0 saturated carbocycles. The topological polar surface area (TPSA) is 44.7 Å². The van der Waals surface area contributed by atoms with Crippen LogP contribution in [-0.2, 0) is 37.4 Å². The number of aliphatic hydroxyl groups excluding tert-OH is 1. The van der Waals surface area contributed by atoms with Gasteiger partial charge in [-0.2, -0.15) is 0 Å². The predicted octanol–water partition coefficient (Wildman–Crippen LogP) is 7.70. The lowest BCUT2D eigenvalue weighted by atomic mass is 9.91. The van der Waals surface area contributed by atoms with E-state index in [0.29, 0.717) is 44.6 Å². The van der Waals surface area contributed by atoms with Crippen LogP contribution >= 0.6 is 0 Å². The third-order valence-corrected chi connectivity index (χ3v) is 8.21. The van der Waals surface area contributed by atoms with Gasteiger partial charge in [0.1, 0.15) is 11.6 Å². The van der Waals surface area contributed by atoms with Crippen molar-refractivity contribution >= 4 is 0 Å². The number of aliphatic hydroxyl groups is 1. The van der Waals surface area contributed by atoms with Crippen molar-refractivity contribution in [3.05, 3.63) is 179 Å². The molecule has 0 fully saturated rings. The van der Waals surface area contributed by atoms with Gasteiger partial charge in [-0.1, -0.05) is 121 Å². The van der Waals surface area contributed by atoms with Crippen molar-refractivity contribution in [1.29, 1.82) is 0 Å². The fraction of sp³-hybridized carbons (Fsp3) is 0.250. The van der Waals surface area contributed by atoms with Gasteiger partial charge in [-0.3, -0.25) is 4.90 Å². The van der Waals surface area contributed by atoms with Gasteiger partial charge in [-0.25, -0.2) is 8.78 Å². The van der Waals surface area contributed by atoms with Gasteiger partial charge >= 0.3 is 0 Å². The molecule has 4 nitrogen and oxygen atoms in total. The lowest BCUT2D eigenvalue weighted by molar-refractivity contribution is -0.0534. The Labute approximate surface area is 271 Å². The highest BCUT2D eigenvalue weighted by molar-refractivity contribution is 5.22. The molecule has 5 aromatic rings. The van der Waals surface area contributed by atoms with E-state index in [1.165, 1.54) is 12.1 Å². The zero-order valence-electron chi connectivity index (χ0n) is 26.0. The summed E-state index contributed by atoms with van der Waals surface area (Å²) in [5.74, 6) is -1.22. The number of nitrogens with zero attached hydrogens (tertiary/aromatic N) is 1. The first-order chi connectivity index (χ1) is 22.6. The number of benzene rings is 5. The zero-order chi connectivity index (χ0) is 32.0. The van der Waals surface area contributed by atoms with Crippen molar-refractivity contribution < 1.29 is 18.6 Å². The van der Waals surface area contributed by atoms with Crippen molar-refractivity contribution in [2.45, 2.75) is 57.3 Å². The number of halogens is 2. The van der Waals surface area contributed by atoms with E-state index in [9.17, 15) is 13.9 Å². The summed E-state index contributed by atoms with van der Waals surface area (Å²) >= 11 is 0. The number of hydrogen-bond donors (Lipinski definition) is 2. The Hall–Kier alpha value is -4.20. The van der Waals surface area contributed by atoms with E-state index < -0.39 is 17.7 Å². The average Bonchev–Trinajstić information content (AvgIpc) is 3.08. The normalized spacial score (nSPS) is 13.4. The first kappa shape index (κ1) is 33.2. The molecule has 0 radical (unpaired) electrons. The molecule has 0 aliphatic carbocycles. The van der Waals surface area contributed by atoms with Gasteiger partial charge in [-0.15, -0.1) is 0 Å². The Morgan fingerprint density at radius 3 is 1.59 bits per heavy atom. The Kier molecular flexibility index (Phi) is 12.6. The fourth-order valence-corrected chi connectivity index (χ4v) is 5.98. The Balaban J connectivity index is 1.58. The van der Waals surface area contributed by atoms with Crippen LogP contribution in [0.4, 0.5) is 8.78 Å². The Morgan fingerprint density at radius 1 is 0.609 bits per heavy atom. The van der Waals surface area contributed by atoms with Crippen LogP contribution in [0.25, 0.3) is 0 Å². The van der Waals surface area contributed by atoms with Gasteiger partial charge in [0.05, 0.1) is 12.7 Å². The van der Waals surface area contributed by atoms with Crippen LogP contribution in [0.15, 0.2) is 140 Å². The van der Waals surface area contributed by atoms with Crippen LogP contribution in [0.5, 0.6) is 0 Å². The van der Waals surface area contributed by atoms with Gasteiger partial charge in [0, 0.05) is 44.4 Å². The van der Waals surface area contributed by atoms with Crippen molar-refractivity contribution in [3.63, 3.8) is 0 Å². The molecule has 0 heterocycles. The maximum absolute atomic E-state index is 14.6. The molecule has 3 atom stereocenters. The van der Waals surface area contributed by atoms with Crippen LogP contribution in [0.2, 0.25) is 0 Å². The molecule has 1 unspecified atom stereocenters.